The van der Waals surface area contributed by atoms with E-state index >= 15 is 0 Å². The molecule has 2 aromatic heterocycles. The molecule has 0 aliphatic heterocycles. The number of sulfonamides is 1. The van der Waals surface area contributed by atoms with Gasteiger partial charge in [0.05, 0.1) is 20.8 Å². The number of thiazole rings is 1. The molecule has 178 valence electrons. The number of nitrogens with one attached hydrogen (secondary N) is 1. The van der Waals surface area contributed by atoms with Gasteiger partial charge in [0, 0.05) is 24.7 Å². The van der Waals surface area contributed by atoms with Crippen molar-refractivity contribution in [1.82, 2.24) is 19.1 Å². The van der Waals surface area contributed by atoms with E-state index < -0.39 is 10.0 Å². The summed E-state index contributed by atoms with van der Waals surface area (Å²) in [6.45, 7) is 9.53. The number of fused-ring (bicyclic) bond motifs is 1. The Labute approximate surface area is 203 Å². The molecule has 34 heavy (non-hydrogen) atoms. The Morgan fingerprint density at radius 2 is 1.76 bits per heavy atom. The van der Waals surface area contributed by atoms with Crippen molar-refractivity contribution < 1.29 is 13.2 Å². The van der Waals surface area contributed by atoms with Crippen LogP contribution in [0, 0.1) is 20.8 Å². The van der Waals surface area contributed by atoms with Gasteiger partial charge < -0.3 is 5.32 Å². The zero-order valence-corrected chi connectivity index (χ0v) is 21.6. The van der Waals surface area contributed by atoms with Crippen molar-refractivity contribution in [2.45, 2.75) is 45.6 Å². The molecule has 0 spiro atoms. The second kappa shape index (κ2) is 8.94. The lowest BCUT2D eigenvalue weighted by atomic mass is 10.1. The van der Waals surface area contributed by atoms with Gasteiger partial charge >= 0.3 is 0 Å². The van der Waals surface area contributed by atoms with E-state index in [1.807, 2.05) is 20.8 Å². The van der Waals surface area contributed by atoms with Crippen molar-refractivity contribution in [2.75, 3.05) is 12.4 Å². The summed E-state index contributed by atoms with van der Waals surface area (Å²) in [6, 6.07) is 11.7. The van der Waals surface area contributed by atoms with Crippen molar-refractivity contribution in [3.63, 3.8) is 0 Å². The van der Waals surface area contributed by atoms with Crippen LogP contribution in [0.5, 0.6) is 0 Å². The van der Waals surface area contributed by atoms with Gasteiger partial charge in [-0.25, -0.2) is 13.4 Å². The highest BCUT2D eigenvalue weighted by atomic mass is 32.2. The minimum Gasteiger partial charge on any atom is -0.306 e. The van der Waals surface area contributed by atoms with Crippen LogP contribution in [0.4, 0.5) is 5.82 Å². The van der Waals surface area contributed by atoms with E-state index in [1.165, 1.54) is 47.0 Å². The Kier molecular flexibility index (Phi) is 6.32. The van der Waals surface area contributed by atoms with Crippen LogP contribution in [0.3, 0.4) is 0 Å². The van der Waals surface area contributed by atoms with Crippen molar-refractivity contribution in [3.8, 4) is 5.13 Å². The lowest BCUT2D eigenvalue weighted by Crippen LogP contribution is -2.33. The van der Waals surface area contributed by atoms with Crippen LogP contribution in [-0.4, -0.2) is 46.5 Å². The molecule has 0 atom stereocenters. The van der Waals surface area contributed by atoms with Gasteiger partial charge in [-0.15, -0.1) is 0 Å². The largest absolute Gasteiger partial charge is 0.306 e. The number of amides is 1. The lowest BCUT2D eigenvalue weighted by molar-refractivity contribution is 0.102. The van der Waals surface area contributed by atoms with Crippen LogP contribution >= 0.6 is 11.3 Å². The summed E-state index contributed by atoms with van der Waals surface area (Å²) < 4.78 is 29.3. The second-order valence-corrected chi connectivity index (χ2v) is 11.6. The third-order valence-corrected chi connectivity index (χ3v) is 8.62. The predicted molar refractivity (Wildman–Crippen MR) is 135 cm³/mol. The zero-order chi connectivity index (χ0) is 24.8. The lowest BCUT2D eigenvalue weighted by Gasteiger charge is -2.21. The van der Waals surface area contributed by atoms with Crippen molar-refractivity contribution in [1.29, 1.82) is 0 Å². The molecule has 0 radical (unpaired) electrons. The standard InChI is InChI=1S/C24H27N5O3S2/c1-14(2)28(6)34(31,32)19-9-7-18(8-10-19)23(30)25-21-13-17(5)27-29(21)24-26-22-16(4)11-15(3)12-20(22)33-24/h7-14H,1-6H3,(H,25,30). The molecule has 0 aliphatic rings. The van der Waals surface area contributed by atoms with Gasteiger partial charge in [0.25, 0.3) is 5.91 Å². The Bertz CT molecular complexity index is 1490. The summed E-state index contributed by atoms with van der Waals surface area (Å²) in [5.41, 5.74) is 4.24. The molecule has 0 unspecified atom stereocenters. The monoisotopic (exact) mass is 497 g/mol. The van der Waals surface area contributed by atoms with Gasteiger partial charge in [0.15, 0.2) is 0 Å². The third-order valence-electron chi connectivity index (χ3n) is 5.59. The number of carbonyl (C=O) groups excluding carboxylic acids is 1. The van der Waals surface area contributed by atoms with E-state index in [2.05, 4.69) is 22.5 Å². The van der Waals surface area contributed by atoms with Crippen molar-refractivity contribution >= 4 is 43.3 Å². The molecular formula is C24H27N5O3S2. The second-order valence-electron chi connectivity index (χ2n) is 8.60. The molecule has 2 heterocycles. The molecule has 0 saturated heterocycles. The fraction of sp³-hybridized carbons (Fsp3) is 0.292. The highest BCUT2D eigenvalue weighted by Gasteiger charge is 2.23. The number of benzene rings is 2. The van der Waals surface area contributed by atoms with Crippen LogP contribution in [0.2, 0.25) is 0 Å². The number of nitrogens with zero attached hydrogens (tertiary/aromatic N) is 4. The van der Waals surface area contributed by atoms with Crippen LogP contribution in [0.25, 0.3) is 15.3 Å². The molecule has 0 aliphatic carbocycles. The van der Waals surface area contributed by atoms with E-state index in [1.54, 1.807) is 24.6 Å². The Morgan fingerprint density at radius 3 is 2.41 bits per heavy atom. The van der Waals surface area contributed by atoms with Crippen molar-refractivity contribution in [2.24, 2.45) is 0 Å². The predicted octanol–water partition coefficient (Wildman–Crippen LogP) is 4.69. The van der Waals surface area contributed by atoms with E-state index in [9.17, 15) is 13.2 Å². The fourth-order valence-electron chi connectivity index (χ4n) is 3.59. The van der Waals surface area contributed by atoms with E-state index in [-0.39, 0.29) is 16.8 Å². The van der Waals surface area contributed by atoms with Gasteiger partial charge in [-0.05, 0) is 76.1 Å². The number of rotatable bonds is 6. The molecular weight excluding hydrogens is 470 g/mol. The number of anilines is 1. The summed E-state index contributed by atoms with van der Waals surface area (Å²) >= 11 is 1.51. The Balaban J connectivity index is 1.61. The van der Waals surface area contributed by atoms with Crippen LogP contribution in [-0.2, 0) is 10.0 Å². The molecule has 0 bridgehead atoms. The van der Waals surface area contributed by atoms with Gasteiger partial charge in [0.2, 0.25) is 15.2 Å². The number of hydrogen-bond donors (Lipinski definition) is 1. The molecule has 2 aromatic carbocycles. The van der Waals surface area contributed by atoms with Gasteiger partial charge in [-0.3, -0.25) is 4.79 Å². The molecule has 1 N–H and O–H groups in total. The van der Waals surface area contributed by atoms with Gasteiger partial charge in [-0.1, -0.05) is 17.4 Å². The molecule has 0 saturated carbocycles. The number of carbonyl (C=O) groups is 1. The Hall–Kier alpha value is -3.08. The molecule has 4 rings (SSSR count). The van der Waals surface area contributed by atoms with E-state index in [0.29, 0.717) is 16.5 Å². The highest BCUT2D eigenvalue weighted by molar-refractivity contribution is 7.89. The smallest absolute Gasteiger partial charge is 0.256 e. The zero-order valence-electron chi connectivity index (χ0n) is 19.9. The topological polar surface area (TPSA) is 97.2 Å². The summed E-state index contributed by atoms with van der Waals surface area (Å²) in [5, 5.41) is 8.06. The third kappa shape index (κ3) is 4.48. The molecule has 10 heteroatoms. The quantitative estimate of drug-likeness (QED) is 0.417. The van der Waals surface area contributed by atoms with Crippen LogP contribution in [0.15, 0.2) is 47.4 Å². The molecule has 1 amide bonds. The van der Waals surface area contributed by atoms with Gasteiger partial charge in [-0.2, -0.15) is 14.1 Å². The number of aromatic nitrogens is 3. The Morgan fingerprint density at radius 1 is 1.09 bits per heavy atom. The number of aryl methyl sites for hydroxylation is 3. The fourth-order valence-corrected chi connectivity index (χ4v) is 6.07. The minimum atomic E-state index is -3.62. The van der Waals surface area contributed by atoms with Gasteiger partial charge in [0.1, 0.15) is 5.82 Å². The summed E-state index contributed by atoms with van der Waals surface area (Å²) in [6.07, 6.45) is 0. The van der Waals surface area contributed by atoms with Crippen molar-refractivity contribution in [3.05, 3.63) is 64.8 Å². The number of hydrogen-bond acceptors (Lipinski definition) is 6. The highest BCUT2D eigenvalue weighted by Crippen LogP contribution is 2.30. The van der Waals surface area contributed by atoms with E-state index in [4.69, 9.17) is 4.98 Å². The van der Waals surface area contributed by atoms with E-state index in [0.717, 1.165) is 27.0 Å². The maximum absolute atomic E-state index is 13.0. The first-order valence-electron chi connectivity index (χ1n) is 10.8. The first-order chi connectivity index (χ1) is 16.0. The summed E-state index contributed by atoms with van der Waals surface area (Å²) in [5.74, 6) is 0.127. The first kappa shape index (κ1) is 24.1. The summed E-state index contributed by atoms with van der Waals surface area (Å²) in [7, 11) is -2.08. The molecule has 0 fully saturated rings. The maximum Gasteiger partial charge on any atom is 0.256 e. The normalized spacial score (nSPS) is 12.1. The molecule has 4 aromatic rings. The average Bonchev–Trinajstić information content (AvgIpc) is 3.36. The molecule has 8 nitrogen and oxygen atoms in total. The van der Waals surface area contributed by atoms with Crippen LogP contribution < -0.4 is 5.32 Å². The summed E-state index contributed by atoms with van der Waals surface area (Å²) in [4.78, 5) is 17.8. The first-order valence-corrected chi connectivity index (χ1v) is 13.1. The van der Waals surface area contributed by atoms with Crippen LogP contribution in [0.1, 0.15) is 41.0 Å². The SMILES string of the molecule is Cc1cc(C)c2nc(-n3nc(C)cc3NC(=O)c3ccc(S(=O)(=O)N(C)C(C)C)cc3)sc2c1. The average molecular weight is 498 g/mol. The minimum absolute atomic E-state index is 0.140. The maximum atomic E-state index is 13.0.